The SMILES string of the molecule is Cc1nc(NC(=O)C2CCCNC2)sc1Cc1cccc(Cl)c1. The molecule has 1 aliphatic heterocycles. The molecule has 1 aromatic carbocycles. The van der Waals surface area contributed by atoms with E-state index < -0.39 is 0 Å². The second-order valence-corrected chi connectivity index (χ2v) is 7.39. The van der Waals surface area contributed by atoms with Crippen LogP contribution in [0.5, 0.6) is 0 Å². The average molecular weight is 350 g/mol. The Labute approximate surface area is 145 Å². The van der Waals surface area contributed by atoms with Crippen molar-refractivity contribution in [3.8, 4) is 0 Å². The molecule has 1 aromatic heterocycles. The van der Waals surface area contributed by atoms with E-state index in [0.29, 0.717) is 5.13 Å². The molecular weight excluding hydrogens is 330 g/mol. The highest BCUT2D eigenvalue weighted by molar-refractivity contribution is 7.15. The Morgan fingerprint density at radius 3 is 3.13 bits per heavy atom. The van der Waals surface area contributed by atoms with Crippen molar-refractivity contribution < 1.29 is 4.79 Å². The van der Waals surface area contributed by atoms with E-state index in [1.807, 2.05) is 25.1 Å². The number of hydrogen-bond donors (Lipinski definition) is 2. The average Bonchev–Trinajstić information content (AvgIpc) is 2.87. The van der Waals surface area contributed by atoms with Crippen molar-refractivity contribution in [2.24, 2.45) is 5.92 Å². The van der Waals surface area contributed by atoms with Gasteiger partial charge in [0.1, 0.15) is 0 Å². The number of aromatic nitrogens is 1. The predicted molar refractivity (Wildman–Crippen MR) is 95.3 cm³/mol. The third kappa shape index (κ3) is 4.31. The van der Waals surface area contributed by atoms with Crippen molar-refractivity contribution in [1.82, 2.24) is 10.3 Å². The number of aryl methyl sites for hydroxylation is 1. The van der Waals surface area contributed by atoms with Crippen molar-refractivity contribution in [2.45, 2.75) is 26.2 Å². The minimum Gasteiger partial charge on any atom is -0.316 e. The lowest BCUT2D eigenvalue weighted by molar-refractivity contribution is -0.120. The van der Waals surface area contributed by atoms with Gasteiger partial charge < -0.3 is 10.6 Å². The van der Waals surface area contributed by atoms with Crippen molar-refractivity contribution in [3.05, 3.63) is 45.4 Å². The maximum atomic E-state index is 12.3. The monoisotopic (exact) mass is 349 g/mol. The summed E-state index contributed by atoms with van der Waals surface area (Å²) in [4.78, 5) is 17.9. The van der Waals surface area contributed by atoms with Crippen LogP contribution in [-0.2, 0) is 11.2 Å². The number of carbonyl (C=O) groups excluding carboxylic acids is 1. The van der Waals surface area contributed by atoms with Crippen molar-refractivity contribution >= 4 is 34.0 Å². The van der Waals surface area contributed by atoms with E-state index in [4.69, 9.17) is 11.6 Å². The fraction of sp³-hybridized carbons (Fsp3) is 0.412. The number of amides is 1. The van der Waals surface area contributed by atoms with E-state index in [2.05, 4.69) is 21.7 Å². The van der Waals surface area contributed by atoms with Gasteiger partial charge >= 0.3 is 0 Å². The van der Waals surface area contributed by atoms with Crippen LogP contribution in [0.3, 0.4) is 0 Å². The minimum atomic E-state index is 0.0457. The third-order valence-corrected chi connectivity index (χ3v) is 5.35. The Morgan fingerprint density at radius 2 is 2.39 bits per heavy atom. The lowest BCUT2D eigenvalue weighted by atomic mass is 9.99. The van der Waals surface area contributed by atoms with Gasteiger partial charge in [-0.15, -0.1) is 11.3 Å². The highest BCUT2D eigenvalue weighted by atomic mass is 35.5. The van der Waals surface area contributed by atoms with E-state index in [9.17, 15) is 4.79 Å². The summed E-state index contributed by atoms with van der Waals surface area (Å²) in [5, 5.41) is 7.67. The van der Waals surface area contributed by atoms with Gasteiger partial charge in [0.05, 0.1) is 11.6 Å². The van der Waals surface area contributed by atoms with Gasteiger partial charge in [-0.1, -0.05) is 23.7 Å². The molecule has 0 bridgehead atoms. The van der Waals surface area contributed by atoms with Gasteiger partial charge in [0, 0.05) is 22.9 Å². The number of benzene rings is 1. The summed E-state index contributed by atoms with van der Waals surface area (Å²) < 4.78 is 0. The molecule has 2 N–H and O–H groups in total. The third-order valence-electron chi connectivity index (χ3n) is 4.04. The highest BCUT2D eigenvalue weighted by Gasteiger charge is 2.22. The topological polar surface area (TPSA) is 54.0 Å². The quantitative estimate of drug-likeness (QED) is 0.886. The standard InChI is InChI=1S/C17H20ClN3OS/c1-11-15(9-12-4-2-6-14(18)8-12)23-17(20-11)21-16(22)13-5-3-7-19-10-13/h2,4,6,8,13,19H,3,5,7,9-10H2,1H3,(H,20,21,22). The molecule has 1 atom stereocenters. The smallest absolute Gasteiger partial charge is 0.230 e. The number of rotatable bonds is 4. The van der Waals surface area contributed by atoms with E-state index >= 15 is 0 Å². The summed E-state index contributed by atoms with van der Waals surface area (Å²) in [7, 11) is 0. The van der Waals surface area contributed by atoms with Gasteiger partial charge in [-0.25, -0.2) is 4.98 Å². The lowest BCUT2D eigenvalue weighted by Crippen LogP contribution is -2.37. The maximum Gasteiger partial charge on any atom is 0.230 e. The van der Waals surface area contributed by atoms with Crippen LogP contribution in [0.2, 0.25) is 5.02 Å². The first kappa shape index (κ1) is 16.4. The Balaban J connectivity index is 1.67. The van der Waals surface area contributed by atoms with Gasteiger partial charge in [-0.3, -0.25) is 4.79 Å². The number of hydrogen-bond acceptors (Lipinski definition) is 4. The molecule has 0 saturated carbocycles. The van der Waals surface area contributed by atoms with Crippen LogP contribution in [0.15, 0.2) is 24.3 Å². The molecule has 3 rings (SSSR count). The normalized spacial score (nSPS) is 17.9. The van der Waals surface area contributed by atoms with Crippen LogP contribution < -0.4 is 10.6 Å². The highest BCUT2D eigenvalue weighted by Crippen LogP contribution is 2.26. The summed E-state index contributed by atoms with van der Waals surface area (Å²) in [6.45, 7) is 3.74. The molecule has 2 aromatic rings. The molecule has 0 radical (unpaired) electrons. The maximum absolute atomic E-state index is 12.3. The van der Waals surface area contributed by atoms with Crippen LogP contribution in [-0.4, -0.2) is 24.0 Å². The number of nitrogens with zero attached hydrogens (tertiary/aromatic N) is 1. The van der Waals surface area contributed by atoms with Gasteiger partial charge in [0.15, 0.2) is 5.13 Å². The molecule has 122 valence electrons. The van der Waals surface area contributed by atoms with Crippen LogP contribution in [0.4, 0.5) is 5.13 Å². The van der Waals surface area contributed by atoms with Crippen LogP contribution >= 0.6 is 22.9 Å². The lowest BCUT2D eigenvalue weighted by Gasteiger charge is -2.21. The largest absolute Gasteiger partial charge is 0.316 e. The Bertz CT molecular complexity index is 695. The number of carbonyl (C=O) groups is 1. The first-order valence-corrected chi connectivity index (χ1v) is 9.03. The molecule has 6 heteroatoms. The molecule has 1 saturated heterocycles. The van der Waals surface area contributed by atoms with Gasteiger partial charge in [-0.05, 0) is 44.0 Å². The molecule has 1 aliphatic rings. The molecule has 1 amide bonds. The molecule has 1 unspecified atom stereocenters. The minimum absolute atomic E-state index is 0.0457. The summed E-state index contributed by atoms with van der Waals surface area (Å²) in [6.07, 6.45) is 2.78. The van der Waals surface area contributed by atoms with Crippen molar-refractivity contribution in [1.29, 1.82) is 0 Å². The first-order chi connectivity index (χ1) is 11.1. The Kier molecular flexibility index (Phi) is 5.30. The summed E-state index contributed by atoms with van der Waals surface area (Å²) in [6, 6.07) is 7.84. The zero-order valence-corrected chi connectivity index (χ0v) is 14.6. The van der Waals surface area contributed by atoms with Crippen molar-refractivity contribution in [3.63, 3.8) is 0 Å². The van der Waals surface area contributed by atoms with Crippen molar-refractivity contribution in [2.75, 3.05) is 18.4 Å². The van der Waals surface area contributed by atoms with E-state index in [1.165, 1.54) is 0 Å². The number of anilines is 1. The molecule has 2 heterocycles. The van der Waals surface area contributed by atoms with Crippen LogP contribution in [0, 0.1) is 12.8 Å². The first-order valence-electron chi connectivity index (χ1n) is 7.84. The Morgan fingerprint density at radius 1 is 1.52 bits per heavy atom. The summed E-state index contributed by atoms with van der Waals surface area (Å²) in [5.74, 6) is 0.115. The fourth-order valence-corrected chi connectivity index (χ4v) is 3.97. The van der Waals surface area contributed by atoms with Crippen LogP contribution in [0.1, 0.15) is 29.0 Å². The zero-order valence-electron chi connectivity index (χ0n) is 13.1. The Hall–Kier alpha value is -1.43. The molecule has 23 heavy (non-hydrogen) atoms. The zero-order chi connectivity index (χ0) is 16.2. The second-order valence-electron chi connectivity index (χ2n) is 5.87. The number of halogens is 1. The summed E-state index contributed by atoms with van der Waals surface area (Å²) in [5.41, 5.74) is 2.12. The molecule has 1 fully saturated rings. The fourth-order valence-electron chi connectivity index (χ4n) is 2.76. The van der Waals surface area contributed by atoms with Gasteiger partial charge in [-0.2, -0.15) is 0 Å². The molecule has 0 spiro atoms. The van der Waals surface area contributed by atoms with Gasteiger partial charge in [0.25, 0.3) is 0 Å². The number of thiazole rings is 1. The van der Waals surface area contributed by atoms with E-state index in [1.54, 1.807) is 11.3 Å². The molecule has 4 nitrogen and oxygen atoms in total. The van der Waals surface area contributed by atoms with Gasteiger partial charge in [0.2, 0.25) is 5.91 Å². The van der Waals surface area contributed by atoms with E-state index in [0.717, 1.165) is 53.5 Å². The molecule has 0 aliphatic carbocycles. The number of nitrogens with one attached hydrogen (secondary N) is 2. The second kappa shape index (κ2) is 7.43. The summed E-state index contributed by atoms with van der Waals surface area (Å²) >= 11 is 7.58. The number of piperidine rings is 1. The van der Waals surface area contributed by atoms with E-state index in [-0.39, 0.29) is 11.8 Å². The van der Waals surface area contributed by atoms with Crippen LogP contribution in [0.25, 0.3) is 0 Å². The predicted octanol–water partition coefficient (Wildman–Crippen LogP) is 3.63. The molecular formula is C17H20ClN3OS.